The van der Waals surface area contributed by atoms with Crippen molar-refractivity contribution in [1.29, 1.82) is 0 Å². The lowest BCUT2D eigenvalue weighted by Crippen LogP contribution is -2.23. The zero-order valence-electron chi connectivity index (χ0n) is 16.9. The van der Waals surface area contributed by atoms with Crippen molar-refractivity contribution in [1.82, 2.24) is 10.1 Å². The first-order valence-electron chi connectivity index (χ1n) is 9.04. The van der Waals surface area contributed by atoms with Crippen molar-refractivity contribution in [2.45, 2.75) is 20.4 Å². The number of methoxy groups -OCH3 is 3. The van der Waals surface area contributed by atoms with E-state index < -0.39 is 0 Å². The van der Waals surface area contributed by atoms with E-state index in [1.807, 2.05) is 12.1 Å². The van der Waals surface area contributed by atoms with Gasteiger partial charge in [0, 0.05) is 17.8 Å². The number of rotatable bonds is 8. The van der Waals surface area contributed by atoms with E-state index in [0.29, 0.717) is 35.5 Å². The van der Waals surface area contributed by atoms with E-state index in [1.54, 1.807) is 33.5 Å². The van der Waals surface area contributed by atoms with Gasteiger partial charge in [0.15, 0.2) is 11.5 Å². The van der Waals surface area contributed by atoms with Crippen molar-refractivity contribution in [3.05, 3.63) is 47.9 Å². The van der Waals surface area contributed by atoms with Gasteiger partial charge in [0.2, 0.25) is 17.5 Å². The number of anilines is 1. The van der Waals surface area contributed by atoms with Crippen LogP contribution >= 0.6 is 0 Å². The molecule has 0 spiro atoms. The van der Waals surface area contributed by atoms with Gasteiger partial charge in [-0.3, -0.25) is 0 Å². The van der Waals surface area contributed by atoms with E-state index in [-0.39, 0.29) is 0 Å². The Morgan fingerprint density at radius 1 is 1.00 bits per heavy atom. The first kappa shape index (κ1) is 19.5. The van der Waals surface area contributed by atoms with Crippen molar-refractivity contribution in [3.8, 4) is 28.6 Å². The molecule has 2 aromatic carbocycles. The van der Waals surface area contributed by atoms with Crippen LogP contribution in [-0.2, 0) is 6.54 Å². The van der Waals surface area contributed by atoms with Gasteiger partial charge in [-0.1, -0.05) is 23.4 Å². The molecule has 0 fully saturated rings. The standard InChI is InChI=1S/C21H25N3O4/c1-6-24(16-10-8-7-9-14(16)2)13-19-22-21(23-28-19)15-11-17(25-3)20(27-5)18(12-15)26-4/h7-12H,6,13H2,1-5H3. The summed E-state index contributed by atoms with van der Waals surface area (Å²) in [5.74, 6) is 2.61. The molecule has 0 saturated carbocycles. The quantitative estimate of drug-likeness (QED) is 0.580. The summed E-state index contributed by atoms with van der Waals surface area (Å²) in [7, 11) is 4.71. The molecule has 7 heteroatoms. The maximum Gasteiger partial charge on any atom is 0.246 e. The molecule has 0 saturated heterocycles. The van der Waals surface area contributed by atoms with Gasteiger partial charge in [-0.05, 0) is 37.6 Å². The summed E-state index contributed by atoms with van der Waals surface area (Å²) < 4.78 is 21.7. The Balaban J connectivity index is 1.89. The van der Waals surface area contributed by atoms with Crippen molar-refractivity contribution < 1.29 is 18.7 Å². The summed E-state index contributed by atoms with van der Waals surface area (Å²) in [6, 6.07) is 11.8. The fourth-order valence-electron chi connectivity index (χ4n) is 3.10. The van der Waals surface area contributed by atoms with Crippen molar-refractivity contribution >= 4 is 5.69 Å². The molecule has 148 valence electrons. The minimum absolute atomic E-state index is 0.468. The van der Waals surface area contributed by atoms with Crippen LogP contribution in [0.1, 0.15) is 18.4 Å². The third-order valence-electron chi connectivity index (χ3n) is 4.55. The lowest BCUT2D eigenvalue weighted by molar-refractivity contribution is 0.324. The monoisotopic (exact) mass is 383 g/mol. The maximum absolute atomic E-state index is 5.50. The Morgan fingerprint density at radius 2 is 1.68 bits per heavy atom. The number of benzene rings is 2. The number of aryl methyl sites for hydroxylation is 1. The van der Waals surface area contributed by atoms with Crippen LogP contribution in [-0.4, -0.2) is 38.0 Å². The van der Waals surface area contributed by atoms with Crippen molar-refractivity contribution in [2.24, 2.45) is 0 Å². The Morgan fingerprint density at radius 3 is 2.25 bits per heavy atom. The second kappa shape index (κ2) is 8.65. The number of aromatic nitrogens is 2. The van der Waals surface area contributed by atoms with Crippen LogP contribution in [0.3, 0.4) is 0 Å². The summed E-state index contributed by atoms with van der Waals surface area (Å²) in [6.07, 6.45) is 0. The van der Waals surface area contributed by atoms with Gasteiger partial charge < -0.3 is 23.6 Å². The first-order chi connectivity index (χ1) is 13.6. The smallest absolute Gasteiger partial charge is 0.246 e. The largest absolute Gasteiger partial charge is 0.493 e. The molecule has 0 radical (unpaired) electrons. The van der Waals surface area contributed by atoms with Gasteiger partial charge in [-0.2, -0.15) is 4.98 Å². The van der Waals surface area contributed by atoms with Gasteiger partial charge in [-0.15, -0.1) is 0 Å². The topological polar surface area (TPSA) is 69.9 Å². The van der Waals surface area contributed by atoms with Gasteiger partial charge >= 0.3 is 0 Å². The molecule has 1 aromatic heterocycles. The number of nitrogens with zero attached hydrogens (tertiary/aromatic N) is 3. The minimum Gasteiger partial charge on any atom is -0.493 e. The molecule has 0 unspecified atom stereocenters. The summed E-state index contributed by atoms with van der Waals surface area (Å²) in [6.45, 7) is 5.54. The predicted molar refractivity (Wildman–Crippen MR) is 107 cm³/mol. The van der Waals surface area contributed by atoms with Gasteiger partial charge in [0.05, 0.1) is 27.9 Å². The molecule has 7 nitrogen and oxygen atoms in total. The summed E-state index contributed by atoms with van der Waals surface area (Å²) >= 11 is 0. The molecular weight excluding hydrogens is 358 g/mol. The molecule has 0 aliphatic heterocycles. The normalized spacial score (nSPS) is 10.6. The first-order valence-corrected chi connectivity index (χ1v) is 9.04. The number of para-hydroxylation sites is 1. The zero-order valence-corrected chi connectivity index (χ0v) is 16.9. The lowest BCUT2D eigenvalue weighted by atomic mass is 10.1. The van der Waals surface area contributed by atoms with E-state index >= 15 is 0 Å². The Hall–Kier alpha value is -3.22. The predicted octanol–water partition coefficient (Wildman–Crippen LogP) is 4.10. The molecule has 0 amide bonds. The minimum atomic E-state index is 0.468. The van der Waals surface area contributed by atoms with Crippen LogP contribution in [0.4, 0.5) is 5.69 Å². The third kappa shape index (κ3) is 3.88. The molecule has 3 aromatic rings. The highest BCUT2D eigenvalue weighted by Crippen LogP contribution is 2.40. The average Bonchev–Trinajstić information content (AvgIpc) is 3.20. The van der Waals surface area contributed by atoms with Crippen molar-refractivity contribution in [3.63, 3.8) is 0 Å². The zero-order chi connectivity index (χ0) is 20.1. The number of ether oxygens (including phenoxy) is 3. The molecule has 3 rings (SSSR count). The van der Waals surface area contributed by atoms with E-state index in [9.17, 15) is 0 Å². The fourth-order valence-corrected chi connectivity index (χ4v) is 3.10. The van der Waals surface area contributed by atoms with Gasteiger partial charge in [0.25, 0.3) is 0 Å². The number of hydrogen-bond donors (Lipinski definition) is 0. The van der Waals surface area contributed by atoms with E-state index in [4.69, 9.17) is 18.7 Å². The average molecular weight is 383 g/mol. The Labute approximate surface area is 164 Å². The third-order valence-corrected chi connectivity index (χ3v) is 4.55. The highest BCUT2D eigenvalue weighted by Gasteiger charge is 2.18. The van der Waals surface area contributed by atoms with Crippen LogP contribution in [0.5, 0.6) is 17.2 Å². The fraction of sp³-hybridized carbons (Fsp3) is 0.333. The summed E-state index contributed by atoms with van der Waals surface area (Å²) in [5, 5.41) is 4.13. The van der Waals surface area contributed by atoms with Gasteiger partial charge in [-0.25, -0.2) is 0 Å². The Bertz CT molecular complexity index is 914. The second-order valence-corrected chi connectivity index (χ2v) is 6.23. The Kier molecular flexibility index (Phi) is 6.03. The van der Waals surface area contributed by atoms with E-state index in [2.05, 4.69) is 41.0 Å². The molecule has 28 heavy (non-hydrogen) atoms. The van der Waals surface area contributed by atoms with Crippen LogP contribution in [0.25, 0.3) is 11.4 Å². The van der Waals surface area contributed by atoms with Crippen LogP contribution in [0, 0.1) is 6.92 Å². The highest BCUT2D eigenvalue weighted by molar-refractivity contribution is 5.66. The maximum atomic E-state index is 5.50. The number of hydrogen-bond acceptors (Lipinski definition) is 7. The second-order valence-electron chi connectivity index (χ2n) is 6.23. The van der Waals surface area contributed by atoms with E-state index in [0.717, 1.165) is 17.8 Å². The molecule has 0 aliphatic carbocycles. The summed E-state index contributed by atoms with van der Waals surface area (Å²) in [4.78, 5) is 6.75. The van der Waals surface area contributed by atoms with Crippen LogP contribution < -0.4 is 19.1 Å². The van der Waals surface area contributed by atoms with Gasteiger partial charge in [0.1, 0.15) is 0 Å². The van der Waals surface area contributed by atoms with Crippen molar-refractivity contribution in [2.75, 3.05) is 32.8 Å². The molecule has 1 heterocycles. The molecule has 0 N–H and O–H groups in total. The summed E-state index contributed by atoms with van der Waals surface area (Å²) in [5.41, 5.74) is 3.08. The van der Waals surface area contributed by atoms with Crippen LogP contribution in [0.15, 0.2) is 40.9 Å². The molecule has 0 aliphatic rings. The van der Waals surface area contributed by atoms with Crippen LogP contribution in [0.2, 0.25) is 0 Å². The SMILES string of the molecule is CCN(Cc1nc(-c2cc(OC)c(OC)c(OC)c2)no1)c1ccccc1C. The molecule has 0 atom stereocenters. The lowest BCUT2D eigenvalue weighted by Gasteiger charge is -2.22. The molecular formula is C21H25N3O4. The highest BCUT2D eigenvalue weighted by atomic mass is 16.5. The van der Waals surface area contributed by atoms with E-state index in [1.165, 1.54) is 5.56 Å². The molecule has 0 bridgehead atoms.